The van der Waals surface area contributed by atoms with Gasteiger partial charge in [-0.1, -0.05) is 42.5 Å². The maximum atomic E-state index is 12.2. The van der Waals surface area contributed by atoms with Gasteiger partial charge in [0, 0.05) is 13.6 Å². The molecule has 0 bridgehead atoms. The first-order valence-corrected chi connectivity index (χ1v) is 8.83. The van der Waals surface area contributed by atoms with E-state index in [1.807, 2.05) is 43.3 Å². The Morgan fingerprint density at radius 2 is 1.79 bits per heavy atom. The highest BCUT2D eigenvalue weighted by Crippen LogP contribution is 2.15. The predicted molar refractivity (Wildman–Crippen MR) is 105 cm³/mol. The van der Waals surface area contributed by atoms with Gasteiger partial charge in [-0.15, -0.1) is 0 Å². The Morgan fingerprint density at radius 3 is 2.39 bits per heavy atom. The molecule has 0 aliphatic carbocycles. The number of rotatable bonds is 8. The fourth-order valence-electron chi connectivity index (χ4n) is 2.39. The maximum Gasteiger partial charge on any atom is 0.349 e. The van der Waals surface area contributed by atoms with E-state index in [2.05, 4.69) is 0 Å². The molecule has 0 unspecified atom stereocenters. The molecule has 0 heterocycles. The number of amides is 1. The first-order chi connectivity index (χ1) is 13.5. The molecule has 0 spiro atoms. The van der Waals surface area contributed by atoms with E-state index < -0.39 is 12.6 Å². The summed E-state index contributed by atoms with van der Waals surface area (Å²) < 4.78 is 10.4. The van der Waals surface area contributed by atoms with Crippen molar-refractivity contribution in [2.75, 3.05) is 20.3 Å². The highest BCUT2D eigenvalue weighted by molar-refractivity contribution is 5.98. The van der Waals surface area contributed by atoms with Crippen molar-refractivity contribution in [1.82, 2.24) is 4.90 Å². The SMILES string of the molecule is CCOc1ccc(/C=C(\C#N)C(=O)OCC(=O)N(C)Cc2ccccc2)cc1. The molecular formula is C22H22N2O4. The fraction of sp³-hybridized carbons (Fsp3) is 0.227. The number of benzene rings is 2. The minimum Gasteiger partial charge on any atom is -0.494 e. The van der Waals surface area contributed by atoms with E-state index in [9.17, 15) is 14.9 Å². The van der Waals surface area contributed by atoms with Gasteiger partial charge in [-0.05, 0) is 36.3 Å². The quantitative estimate of drug-likeness (QED) is 0.400. The molecule has 0 aliphatic heterocycles. The fourth-order valence-corrected chi connectivity index (χ4v) is 2.39. The zero-order chi connectivity index (χ0) is 20.4. The van der Waals surface area contributed by atoms with Crippen LogP contribution in [0.15, 0.2) is 60.2 Å². The van der Waals surface area contributed by atoms with Crippen LogP contribution in [0.5, 0.6) is 5.75 Å². The Kier molecular flexibility index (Phi) is 7.79. The number of hydrogen-bond acceptors (Lipinski definition) is 5. The van der Waals surface area contributed by atoms with Crippen LogP contribution >= 0.6 is 0 Å². The molecule has 6 nitrogen and oxygen atoms in total. The summed E-state index contributed by atoms with van der Waals surface area (Å²) in [5.74, 6) is -0.485. The Labute approximate surface area is 164 Å². The summed E-state index contributed by atoms with van der Waals surface area (Å²) in [5, 5.41) is 9.23. The standard InChI is InChI=1S/C22H22N2O4/c1-3-27-20-11-9-17(10-12-20)13-19(14-23)22(26)28-16-21(25)24(2)15-18-7-5-4-6-8-18/h4-13H,3,15-16H2,1-2H3/b19-13+. The van der Waals surface area contributed by atoms with Crippen molar-refractivity contribution in [3.63, 3.8) is 0 Å². The van der Waals surface area contributed by atoms with Crippen LogP contribution in [-0.2, 0) is 20.9 Å². The lowest BCUT2D eigenvalue weighted by Crippen LogP contribution is -2.31. The Hall–Kier alpha value is -3.59. The first-order valence-electron chi connectivity index (χ1n) is 8.83. The largest absolute Gasteiger partial charge is 0.494 e. The number of nitrogens with zero attached hydrogens (tertiary/aromatic N) is 2. The van der Waals surface area contributed by atoms with E-state index >= 15 is 0 Å². The molecule has 1 amide bonds. The third-order valence-electron chi connectivity index (χ3n) is 3.86. The molecule has 0 fully saturated rings. The lowest BCUT2D eigenvalue weighted by Gasteiger charge is -2.17. The van der Waals surface area contributed by atoms with Crippen LogP contribution in [0.25, 0.3) is 6.08 Å². The van der Waals surface area contributed by atoms with Gasteiger partial charge in [0.1, 0.15) is 17.4 Å². The molecular weight excluding hydrogens is 356 g/mol. The summed E-state index contributed by atoms with van der Waals surface area (Å²) in [6.07, 6.45) is 1.41. The molecule has 0 N–H and O–H groups in total. The summed E-state index contributed by atoms with van der Waals surface area (Å²) in [6.45, 7) is 2.42. The molecule has 0 saturated carbocycles. The van der Waals surface area contributed by atoms with Gasteiger partial charge in [0.15, 0.2) is 6.61 Å². The van der Waals surface area contributed by atoms with Crippen LogP contribution < -0.4 is 4.74 Å². The van der Waals surface area contributed by atoms with E-state index in [4.69, 9.17) is 9.47 Å². The molecule has 0 radical (unpaired) electrons. The van der Waals surface area contributed by atoms with Gasteiger partial charge in [-0.25, -0.2) is 4.79 Å². The molecule has 28 heavy (non-hydrogen) atoms. The van der Waals surface area contributed by atoms with Gasteiger partial charge in [0.05, 0.1) is 6.61 Å². The second-order valence-electron chi connectivity index (χ2n) is 5.98. The second-order valence-corrected chi connectivity index (χ2v) is 5.98. The highest BCUT2D eigenvalue weighted by Gasteiger charge is 2.15. The van der Waals surface area contributed by atoms with E-state index in [1.165, 1.54) is 11.0 Å². The van der Waals surface area contributed by atoms with Gasteiger partial charge in [-0.3, -0.25) is 4.79 Å². The maximum absolute atomic E-state index is 12.2. The van der Waals surface area contributed by atoms with Crippen molar-refractivity contribution in [2.24, 2.45) is 0 Å². The van der Waals surface area contributed by atoms with Crippen molar-refractivity contribution in [2.45, 2.75) is 13.5 Å². The second kappa shape index (κ2) is 10.5. The van der Waals surface area contributed by atoms with Crippen molar-refractivity contribution >= 4 is 18.0 Å². The summed E-state index contributed by atoms with van der Waals surface area (Å²) in [4.78, 5) is 25.7. The number of hydrogen-bond donors (Lipinski definition) is 0. The van der Waals surface area contributed by atoms with Crippen LogP contribution in [0.1, 0.15) is 18.1 Å². The van der Waals surface area contributed by atoms with Crippen LogP contribution in [0.4, 0.5) is 0 Å². The lowest BCUT2D eigenvalue weighted by atomic mass is 10.1. The summed E-state index contributed by atoms with van der Waals surface area (Å²) in [5.41, 5.74) is 1.45. The van der Waals surface area contributed by atoms with Crippen molar-refractivity contribution in [3.8, 4) is 11.8 Å². The van der Waals surface area contributed by atoms with Gasteiger partial charge < -0.3 is 14.4 Å². The Morgan fingerprint density at radius 1 is 1.11 bits per heavy atom. The number of carbonyl (C=O) groups is 2. The van der Waals surface area contributed by atoms with E-state index in [0.29, 0.717) is 24.5 Å². The van der Waals surface area contributed by atoms with Crippen molar-refractivity contribution in [3.05, 3.63) is 71.3 Å². The number of ether oxygens (including phenoxy) is 2. The summed E-state index contributed by atoms with van der Waals surface area (Å²) >= 11 is 0. The zero-order valence-corrected chi connectivity index (χ0v) is 15.9. The molecule has 0 saturated heterocycles. The lowest BCUT2D eigenvalue weighted by molar-refractivity contribution is -0.148. The number of likely N-dealkylation sites (N-methyl/N-ethyl adjacent to an activating group) is 1. The third kappa shape index (κ3) is 6.29. The summed E-state index contributed by atoms with van der Waals surface area (Å²) in [6, 6.07) is 18.3. The smallest absolute Gasteiger partial charge is 0.349 e. The normalized spacial score (nSPS) is 10.7. The average Bonchev–Trinajstić information content (AvgIpc) is 2.72. The van der Waals surface area contributed by atoms with E-state index in [1.54, 1.807) is 31.3 Å². The van der Waals surface area contributed by atoms with Crippen LogP contribution in [-0.4, -0.2) is 37.0 Å². The van der Waals surface area contributed by atoms with E-state index in [-0.39, 0.29) is 11.5 Å². The van der Waals surface area contributed by atoms with Crippen molar-refractivity contribution < 1.29 is 19.1 Å². The minimum absolute atomic E-state index is 0.178. The molecule has 0 atom stereocenters. The molecule has 0 aromatic heterocycles. The predicted octanol–water partition coefficient (Wildman–Crippen LogP) is 3.19. The number of nitriles is 1. The third-order valence-corrected chi connectivity index (χ3v) is 3.86. The topological polar surface area (TPSA) is 79.6 Å². The van der Waals surface area contributed by atoms with Crippen LogP contribution in [0, 0.1) is 11.3 Å². The molecule has 144 valence electrons. The van der Waals surface area contributed by atoms with Gasteiger partial charge in [0.25, 0.3) is 5.91 Å². The zero-order valence-electron chi connectivity index (χ0n) is 15.9. The first kappa shape index (κ1) is 20.7. The van der Waals surface area contributed by atoms with Gasteiger partial charge in [0.2, 0.25) is 0 Å². The average molecular weight is 378 g/mol. The van der Waals surface area contributed by atoms with Gasteiger partial charge >= 0.3 is 5.97 Å². The molecule has 2 aromatic carbocycles. The van der Waals surface area contributed by atoms with Crippen LogP contribution in [0.3, 0.4) is 0 Å². The molecule has 6 heteroatoms. The number of carbonyl (C=O) groups excluding carboxylic acids is 2. The molecule has 2 aromatic rings. The van der Waals surface area contributed by atoms with Crippen molar-refractivity contribution in [1.29, 1.82) is 5.26 Å². The van der Waals surface area contributed by atoms with Crippen LogP contribution in [0.2, 0.25) is 0 Å². The van der Waals surface area contributed by atoms with Gasteiger partial charge in [-0.2, -0.15) is 5.26 Å². The number of esters is 1. The minimum atomic E-state index is -0.835. The summed E-state index contributed by atoms with van der Waals surface area (Å²) in [7, 11) is 1.63. The monoisotopic (exact) mass is 378 g/mol. The Bertz CT molecular complexity index is 868. The molecule has 0 aliphatic rings. The Balaban J connectivity index is 1.92. The van der Waals surface area contributed by atoms with E-state index in [0.717, 1.165) is 5.56 Å². The highest BCUT2D eigenvalue weighted by atomic mass is 16.5. The molecule has 2 rings (SSSR count).